The number of piperidine rings is 1. The van der Waals surface area contributed by atoms with Crippen molar-refractivity contribution in [2.75, 3.05) is 52.9 Å². The van der Waals surface area contributed by atoms with Crippen LogP contribution in [0.1, 0.15) is 46.0 Å². The van der Waals surface area contributed by atoms with E-state index in [0.29, 0.717) is 25.6 Å². The molecule has 3 rings (SSSR count). The van der Waals surface area contributed by atoms with Crippen molar-refractivity contribution >= 4 is 36.8 Å². The van der Waals surface area contributed by atoms with Crippen LogP contribution < -0.4 is 5.32 Å². The number of carbonyl (C=O) groups is 2. The Morgan fingerprint density at radius 1 is 1.31 bits per heavy atom. The molecule has 1 spiro atoms. The van der Waals surface area contributed by atoms with Crippen LogP contribution in [-0.2, 0) is 9.53 Å². The summed E-state index contributed by atoms with van der Waals surface area (Å²) in [6.45, 7) is 10.2. The van der Waals surface area contributed by atoms with Crippen molar-refractivity contribution in [1.82, 2.24) is 20.0 Å². The molecule has 9 heteroatoms. The summed E-state index contributed by atoms with van der Waals surface area (Å²) in [5.41, 5.74) is -0.388. The average molecular weight is 453 g/mol. The first kappa shape index (κ1) is 26.3. The number of likely N-dealkylation sites (tertiary alicyclic amines) is 1. The number of amides is 2. The van der Waals surface area contributed by atoms with Crippen molar-refractivity contribution < 1.29 is 14.3 Å². The standard InChI is InChI=1S/C20H36N4O3.2ClH/c1-16(2)14-22(3)10-5-11-24-15-20(27-19(24)26)7-12-23(13-8-20)18(25)17-6-4-9-21-17;;/h16-17,21H,4-15H2,1-3H3;2*1H/t17-;;/m0../s1. The topological polar surface area (TPSA) is 65.1 Å². The van der Waals surface area contributed by atoms with Gasteiger partial charge >= 0.3 is 6.09 Å². The van der Waals surface area contributed by atoms with Crippen LogP contribution in [0.15, 0.2) is 0 Å². The van der Waals surface area contributed by atoms with Gasteiger partial charge in [-0.05, 0) is 45.3 Å². The number of hydrogen-bond donors (Lipinski definition) is 1. The SMILES string of the molecule is CC(C)CN(C)CCCN1CC2(CCN(C(=O)[C@@H]3CCCN3)CC2)OC1=O.Cl.Cl. The van der Waals surface area contributed by atoms with Crippen LogP contribution in [0.4, 0.5) is 4.79 Å². The molecule has 3 aliphatic heterocycles. The van der Waals surface area contributed by atoms with Crippen LogP contribution >= 0.6 is 24.8 Å². The Hall–Kier alpha value is -0.760. The van der Waals surface area contributed by atoms with Crippen LogP contribution in [-0.4, -0.2) is 91.2 Å². The van der Waals surface area contributed by atoms with Crippen molar-refractivity contribution in [2.45, 2.75) is 57.6 Å². The number of ether oxygens (including phenoxy) is 1. The maximum atomic E-state index is 12.6. The third kappa shape index (κ3) is 6.88. The fourth-order valence-corrected chi connectivity index (χ4v) is 4.62. The lowest BCUT2D eigenvalue weighted by molar-refractivity contribution is -0.136. The second-order valence-electron chi connectivity index (χ2n) is 8.96. The van der Waals surface area contributed by atoms with Gasteiger partial charge in [0.15, 0.2) is 0 Å². The van der Waals surface area contributed by atoms with E-state index in [-0.39, 0.29) is 48.5 Å². The predicted molar refractivity (Wildman–Crippen MR) is 119 cm³/mol. The maximum absolute atomic E-state index is 12.6. The zero-order valence-electron chi connectivity index (χ0n) is 18.0. The smallest absolute Gasteiger partial charge is 0.410 e. The van der Waals surface area contributed by atoms with E-state index < -0.39 is 0 Å². The Kier molecular flexibility index (Phi) is 10.5. The van der Waals surface area contributed by atoms with Gasteiger partial charge in [0.05, 0.1) is 12.6 Å². The molecule has 170 valence electrons. The van der Waals surface area contributed by atoms with Crippen LogP contribution in [0.2, 0.25) is 0 Å². The summed E-state index contributed by atoms with van der Waals surface area (Å²) in [5, 5.41) is 3.28. The number of hydrogen-bond acceptors (Lipinski definition) is 5. The zero-order chi connectivity index (χ0) is 19.4. The Morgan fingerprint density at radius 3 is 2.59 bits per heavy atom. The highest BCUT2D eigenvalue weighted by molar-refractivity contribution is 5.85. The van der Waals surface area contributed by atoms with Gasteiger partial charge in [0, 0.05) is 39.0 Å². The fourth-order valence-electron chi connectivity index (χ4n) is 4.62. The first-order chi connectivity index (χ1) is 12.9. The third-order valence-corrected chi connectivity index (χ3v) is 6.03. The molecule has 29 heavy (non-hydrogen) atoms. The number of nitrogens with zero attached hydrogens (tertiary/aromatic N) is 3. The van der Waals surface area contributed by atoms with Crippen LogP contribution in [0.3, 0.4) is 0 Å². The maximum Gasteiger partial charge on any atom is 0.410 e. The van der Waals surface area contributed by atoms with Crippen molar-refractivity contribution in [3.8, 4) is 0 Å². The van der Waals surface area contributed by atoms with E-state index >= 15 is 0 Å². The van der Waals surface area contributed by atoms with E-state index in [0.717, 1.165) is 58.3 Å². The van der Waals surface area contributed by atoms with Crippen molar-refractivity contribution in [1.29, 1.82) is 0 Å². The summed E-state index contributed by atoms with van der Waals surface area (Å²) in [6, 6.07) is -0.00972. The van der Waals surface area contributed by atoms with Crippen molar-refractivity contribution in [2.24, 2.45) is 5.92 Å². The third-order valence-electron chi connectivity index (χ3n) is 6.03. The van der Waals surface area contributed by atoms with Gasteiger partial charge in [0.25, 0.3) is 0 Å². The number of rotatable bonds is 7. The molecular formula is C20H38Cl2N4O3. The second kappa shape index (κ2) is 11.6. The van der Waals surface area contributed by atoms with E-state index in [9.17, 15) is 9.59 Å². The molecule has 0 aromatic heterocycles. The summed E-state index contributed by atoms with van der Waals surface area (Å²) in [4.78, 5) is 31.0. The van der Waals surface area contributed by atoms with Gasteiger partial charge in [-0.1, -0.05) is 13.8 Å². The second-order valence-corrected chi connectivity index (χ2v) is 8.96. The summed E-state index contributed by atoms with van der Waals surface area (Å²) >= 11 is 0. The van der Waals surface area contributed by atoms with Gasteiger partial charge in [-0.2, -0.15) is 0 Å². The molecule has 0 aliphatic carbocycles. The molecule has 1 atom stereocenters. The molecule has 2 amide bonds. The van der Waals surface area contributed by atoms with E-state index in [1.165, 1.54) is 0 Å². The Labute approximate surface area is 187 Å². The lowest BCUT2D eigenvalue weighted by Crippen LogP contribution is -2.52. The summed E-state index contributed by atoms with van der Waals surface area (Å²) < 4.78 is 5.80. The van der Waals surface area contributed by atoms with Crippen molar-refractivity contribution in [3.05, 3.63) is 0 Å². The zero-order valence-corrected chi connectivity index (χ0v) is 19.7. The van der Waals surface area contributed by atoms with Gasteiger partial charge < -0.3 is 24.8 Å². The highest BCUT2D eigenvalue weighted by atomic mass is 35.5. The molecule has 0 bridgehead atoms. The highest BCUT2D eigenvalue weighted by Crippen LogP contribution is 2.33. The van der Waals surface area contributed by atoms with Gasteiger partial charge in [0.2, 0.25) is 5.91 Å². The van der Waals surface area contributed by atoms with E-state index in [2.05, 4.69) is 31.1 Å². The predicted octanol–water partition coefficient (Wildman–Crippen LogP) is 2.37. The number of carbonyl (C=O) groups excluding carboxylic acids is 2. The van der Waals surface area contributed by atoms with Crippen LogP contribution in [0, 0.1) is 5.92 Å². The molecule has 7 nitrogen and oxygen atoms in total. The quantitative estimate of drug-likeness (QED) is 0.641. The molecule has 0 aromatic rings. The Morgan fingerprint density at radius 2 is 2.00 bits per heavy atom. The van der Waals surface area contributed by atoms with E-state index in [1.54, 1.807) is 0 Å². The number of nitrogens with one attached hydrogen (secondary N) is 1. The minimum atomic E-state index is -0.388. The molecule has 1 N–H and O–H groups in total. The lowest BCUT2D eigenvalue weighted by atomic mass is 9.91. The first-order valence-electron chi connectivity index (χ1n) is 10.6. The molecule has 0 unspecified atom stereocenters. The summed E-state index contributed by atoms with van der Waals surface area (Å²) in [6.07, 6.45) is 4.30. The molecule has 0 radical (unpaired) electrons. The molecule has 0 saturated carbocycles. The Balaban J connectivity index is 0.00000210. The molecule has 3 saturated heterocycles. The lowest BCUT2D eigenvalue weighted by Gasteiger charge is -2.38. The van der Waals surface area contributed by atoms with Crippen LogP contribution in [0.5, 0.6) is 0 Å². The van der Waals surface area contributed by atoms with Crippen LogP contribution in [0.25, 0.3) is 0 Å². The van der Waals surface area contributed by atoms with E-state index in [1.807, 2.05) is 9.80 Å². The average Bonchev–Trinajstić information content (AvgIpc) is 3.24. The van der Waals surface area contributed by atoms with Gasteiger partial charge in [-0.3, -0.25) is 4.79 Å². The minimum absolute atomic E-state index is 0. The summed E-state index contributed by atoms with van der Waals surface area (Å²) in [5.74, 6) is 0.874. The molecule has 3 aliphatic rings. The fraction of sp³-hybridized carbons (Fsp3) is 0.900. The van der Waals surface area contributed by atoms with Gasteiger partial charge in [-0.15, -0.1) is 24.8 Å². The van der Waals surface area contributed by atoms with E-state index in [4.69, 9.17) is 4.74 Å². The van der Waals surface area contributed by atoms with Gasteiger partial charge in [0.1, 0.15) is 5.60 Å². The van der Waals surface area contributed by atoms with Crippen molar-refractivity contribution in [3.63, 3.8) is 0 Å². The molecule has 3 fully saturated rings. The largest absolute Gasteiger partial charge is 0.441 e. The van der Waals surface area contributed by atoms with Gasteiger partial charge in [-0.25, -0.2) is 4.79 Å². The molecule has 0 aromatic carbocycles. The minimum Gasteiger partial charge on any atom is -0.441 e. The number of halogens is 2. The summed E-state index contributed by atoms with van der Waals surface area (Å²) in [7, 11) is 2.13. The molecular weight excluding hydrogens is 415 g/mol. The highest BCUT2D eigenvalue weighted by Gasteiger charge is 2.47. The monoisotopic (exact) mass is 452 g/mol. The Bertz CT molecular complexity index is 536. The first-order valence-corrected chi connectivity index (χ1v) is 10.6. The normalized spacial score (nSPS) is 23.3. The molecule has 3 heterocycles.